The van der Waals surface area contributed by atoms with Crippen LogP contribution in [0.4, 0.5) is 0 Å². The summed E-state index contributed by atoms with van der Waals surface area (Å²) in [5.41, 5.74) is 6.85. The fourth-order valence-corrected chi connectivity index (χ4v) is 4.17. The number of benzene rings is 1. The van der Waals surface area contributed by atoms with Crippen LogP contribution < -0.4 is 10.9 Å². The third kappa shape index (κ3) is 2.97. The van der Waals surface area contributed by atoms with Crippen LogP contribution >= 0.6 is 0 Å². The van der Waals surface area contributed by atoms with Crippen LogP contribution in [0.2, 0.25) is 0 Å². The molecular formula is C23H22N4O2. The molecule has 0 amide bonds. The monoisotopic (exact) mass is 386 g/mol. The normalized spacial score (nSPS) is 13.6. The van der Waals surface area contributed by atoms with E-state index >= 15 is 0 Å². The first-order valence-electron chi connectivity index (χ1n) is 9.76. The highest BCUT2D eigenvalue weighted by Gasteiger charge is 2.18. The molecule has 1 aliphatic rings. The Balaban J connectivity index is 1.56. The summed E-state index contributed by atoms with van der Waals surface area (Å²) >= 11 is 0. The Morgan fingerprint density at radius 2 is 2.07 bits per heavy atom. The second-order valence-electron chi connectivity index (χ2n) is 7.45. The second-order valence-corrected chi connectivity index (χ2v) is 7.45. The average Bonchev–Trinajstić information content (AvgIpc) is 3.06. The zero-order valence-corrected chi connectivity index (χ0v) is 16.2. The van der Waals surface area contributed by atoms with Gasteiger partial charge >= 0.3 is 0 Å². The second kappa shape index (κ2) is 6.99. The Morgan fingerprint density at radius 3 is 2.83 bits per heavy atom. The van der Waals surface area contributed by atoms with Crippen LogP contribution in [0.1, 0.15) is 16.8 Å². The number of aliphatic hydroxyl groups is 1. The molecular weight excluding hydrogens is 364 g/mol. The van der Waals surface area contributed by atoms with Crippen molar-refractivity contribution in [3.05, 3.63) is 82.0 Å². The van der Waals surface area contributed by atoms with E-state index in [-0.39, 0.29) is 12.2 Å². The molecule has 1 aromatic carbocycles. The predicted molar refractivity (Wildman–Crippen MR) is 113 cm³/mol. The summed E-state index contributed by atoms with van der Waals surface area (Å²) in [5.74, 6) is 0. The molecule has 3 aromatic heterocycles. The Bertz CT molecular complexity index is 1270. The Morgan fingerprint density at radius 1 is 1.17 bits per heavy atom. The van der Waals surface area contributed by atoms with Gasteiger partial charge < -0.3 is 15.0 Å². The van der Waals surface area contributed by atoms with E-state index in [1.54, 1.807) is 23.0 Å². The molecule has 2 N–H and O–H groups in total. The van der Waals surface area contributed by atoms with Crippen LogP contribution in [-0.4, -0.2) is 25.8 Å². The van der Waals surface area contributed by atoms with Crippen LogP contribution in [0, 0.1) is 0 Å². The van der Waals surface area contributed by atoms with Gasteiger partial charge in [-0.1, -0.05) is 12.1 Å². The maximum Gasteiger partial charge on any atom is 0.255 e. The Labute approximate surface area is 168 Å². The van der Waals surface area contributed by atoms with Crippen LogP contribution in [0.5, 0.6) is 0 Å². The zero-order valence-electron chi connectivity index (χ0n) is 16.2. The van der Waals surface area contributed by atoms with Crippen molar-refractivity contribution in [3.63, 3.8) is 0 Å². The summed E-state index contributed by atoms with van der Waals surface area (Å²) in [7, 11) is 2.09. The summed E-state index contributed by atoms with van der Waals surface area (Å²) in [6.45, 7) is 1.84. The first-order valence-corrected chi connectivity index (χ1v) is 9.76. The van der Waals surface area contributed by atoms with Gasteiger partial charge in [-0.15, -0.1) is 0 Å². The summed E-state index contributed by atoms with van der Waals surface area (Å²) in [6.07, 6.45) is 4.45. The van der Waals surface area contributed by atoms with Crippen LogP contribution in [-0.2, 0) is 26.6 Å². The lowest BCUT2D eigenvalue weighted by molar-refractivity contribution is 0.281. The minimum absolute atomic E-state index is 0.0456. The van der Waals surface area contributed by atoms with Crippen molar-refractivity contribution in [1.29, 1.82) is 0 Å². The Kier molecular flexibility index (Phi) is 4.30. The van der Waals surface area contributed by atoms with E-state index in [2.05, 4.69) is 34.0 Å². The van der Waals surface area contributed by atoms with Gasteiger partial charge in [0.2, 0.25) is 0 Å². The molecule has 5 rings (SSSR count). The summed E-state index contributed by atoms with van der Waals surface area (Å²) < 4.78 is 3.89. The number of rotatable bonds is 3. The highest BCUT2D eigenvalue weighted by Crippen LogP contribution is 2.29. The van der Waals surface area contributed by atoms with Crippen molar-refractivity contribution in [1.82, 2.24) is 19.4 Å². The van der Waals surface area contributed by atoms with Gasteiger partial charge in [-0.2, -0.15) is 0 Å². The third-order valence-corrected chi connectivity index (χ3v) is 5.77. The summed E-state index contributed by atoms with van der Waals surface area (Å²) in [4.78, 5) is 17.2. The van der Waals surface area contributed by atoms with Crippen molar-refractivity contribution >= 4 is 10.9 Å². The van der Waals surface area contributed by atoms with E-state index in [9.17, 15) is 4.79 Å². The topological polar surface area (TPSA) is 72.1 Å². The molecule has 0 unspecified atom stereocenters. The molecule has 0 fully saturated rings. The molecule has 0 spiro atoms. The molecule has 0 aliphatic carbocycles. The first kappa shape index (κ1) is 17.8. The molecule has 0 atom stereocenters. The number of pyridine rings is 2. The van der Waals surface area contributed by atoms with Gasteiger partial charge in [0.1, 0.15) is 0 Å². The van der Waals surface area contributed by atoms with Gasteiger partial charge in [-0.05, 0) is 48.4 Å². The molecule has 146 valence electrons. The number of aromatic nitrogens is 3. The summed E-state index contributed by atoms with van der Waals surface area (Å²) in [5, 5.41) is 13.9. The van der Waals surface area contributed by atoms with E-state index in [4.69, 9.17) is 5.11 Å². The van der Waals surface area contributed by atoms with Gasteiger partial charge in [0.25, 0.3) is 5.56 Å². The van der Waals surface area contributed by atoms with Crippen LogP contribution in [0.15, 0.2) is 59.7 Å². The maximum absolute atomic E-state index is 12.8. The molecule has 1 aliphatic heterocycles. The van der Waals surface area contributed by atoms with E-state index in [0.717, 1.165) is 41.8 Å². The van der Waals surface area contributed by atoms with Crippen LogP contribution in [0.3, 0.4) is 0 Å². The molecule has 4 heterocycles. The van der Waals surface area contributed by atoms with Crippen molar-refractivity contribution in [3.8, 4) is 16.9 Å². The molecule has 0 bridgehead atoms. The van der Waals surface area contributed by atoms with E-state index < -0.39 is 0 Å². The standard InChI is InChI=1S/C23H22N4O2/c1-26-21-11-17(3-4-18(21)19-6-8-24-13-22(19)26)27-9-7-16(10-23(27)29)20-5-2-15(14-28)12-25-20/h2-5,7,9-12,24,28H,6,8,13-14H2,1H3. The average molecular weight is 386 g/mol. The fourth-order valence-electron chi connectivity index (χ4n) is 4.17. The van der Waals surface area contributed by atoms with Crippen molar-refractivity contribution in [2.75, 3.05) is 6.54 Å². The number of fused-ring (bicyclic) bond motifs is 3. The van der Waals surface area contributed by atoms with Gasteiger partial charge in [-0.3, -0.25) is 14.3 Å². The Hall–Kier alpha value is -3.22. The summed E-state index contributed by atoms with van der Waals surface area (Å²) in [6, 6.07) is 13.4. The number of hydrogen-bond donors (Lipinski definition) is 2. The first-order chi connectivity index (χ1) is 14.2. The van der Waals surface area contributed by atoms with Crippen molar-refractivity contribution in [2.45, 2.75) is 19.6 Å². The van der Waals surface area contributed by atoms with E-state index in [1.165, 1.54) is 16.6 Å². The van der Waals surface area contributed by atoms with Gasteiger partial charge in [0.05, 0.1) is 23.5 Å². The van der Waals surface area contributed by atoms with E-state index in [0.29, 0.717) is 5.69 Å². The van der Waals surface area contributed by atoms with Gasteiger partial charge in [-0.25, -0.2) is 0 Å². The lowest BCUT2D eigenvalue weighted by Gasteiger charge is -2.14. The van der Waals surface area contributed by atoms with E-state index in [1.807, 2.05) is 24.3 Å². The maximum atomic E-state index is 12.8. The fraction of sp³-hybridized carbons (Fsp3) is 0.217. The lowest BCUT2D eigenvalue weighted by Crippen LogP contribution is -2.24. The molecule has 0 saturated heterocycles. The lowest BCUT2D eigenvalue weighted by atomic mass is 10.0. The molecule has 0 radical (unpaired) electrons. The largest absolute Gasteiger partial charge is 0.392 e. The van der Waals surface area contributed by atoms with Gasteiger partial charge in [0, 0.05) is 48.7 Å². The third-order valence-electron chi connectivity index (χ3n) is 5.77. The molecule has 6 heteroatoms. The minimum atomic E-state index is -0.101. The van der Waals surface area contributed by atoms with Crippen LogP contribution in [0.25, 0.3) is 27.8 Å². The highest BCUT2D eigenvalue weighted by molar-refractivity contribution is 5.87. The van der Waals surface area contributed by atoms with Crippen molar-refractivity contribution in [2.24, 2.45) is 7.05 Å². The number of aryl methyl sites for hydroxylation is 1. The van der Waals surface area contributed by atoms with Gasteiger partial charge in [0.15, 0.2) is 0 Å². The SMILES string of the molecule is Cn1c2c(c3ccc(-n4ccc(-c5ccc(CO)cn5)cc4=O)cc31)CCNC2. The molecule has 0 saturated carbocycles. The number of aliphatic hydroxyl groups excluding tert-OH is 1. The number of hydrogen-bond acceptors (Lipinski definition) is 4. The smallest absolute Gasteiger partial charge is 0.255 e. The molecule has 29 heavy (non-hydrogen) atoms. The van der Waals surface area contributed by atoms with Crippen molar-refractivity contribution < 1.29 is 5.11 Å². The zero-order chi connectivity index (χ0) is 20.0. The highest BCUT2D eigenvalue weighted by atomic mass is 16.3. The predicted octanol–water partition coefficient (Wildman–Crippen LogP) is 2.53. The minimum Gasteiger partial charge on any atom is -0.392 e. The quantitative estimate of drug-likeness (QED) is 0.568. The molecule has 6 nitrogen and oxygen atoms in total. The number of nitrogens with one attached hydrogen (secondary N) is 1. The molecule has 4 aromatic rings. The number of nitrogens with zero attached hydrogens (tertiary/aromatic N) is 3.